The maximum Gasteiger partial charge on any atom is 0.289 e. The Morgan fingerprint density at radius 3 is 1.38 bits per heavy atom. The number of para-hydroxylation sites is 2. The van der Waals surface area contributed by atoms with Crippen LogP contribution in [0.5, 0.6) is 0 Å². The third-order valence-electron chi connectivity index (χ3n) is 2.18. The molecule has 0 amide bonds. The molecule has 2 aromatic carbocycles. The van der Waals surface area contributed by atoms with Crippen molar-refractivity contribution < 1.29 is 9.79 Å². The molecule has 4 heteroatoms. The molecule has 0 bridgehead atoms. The maximum absolute atomic E-state index is 9.47. The van der Waals surface area contributed by atoms with Gasteiger partial charge in [-0.3, -0.25) is 4.67 Å². The summed E-state index contributed by atoms with van der Waals surface area (Å²) in [6.45, 7) is 0. The van der Waals surface area contributed by atoms with E-state index in [0.717, 1.165) is 11.4 Å². The number of nitrogens with zero attached hydrogens (tertiary/aromatic N) is 1. The Morgan fingerprint density at radius 2 is 1.06 bits per heavy atom. The molecular weight excluding hydrogens is 221 g/mol. The molecule has 3 nitrogen and oxygen atoms in total. The highest BCUT2D eigenvalue weighted by molar-refractivity contribution is 7.47. The number of anilines is 2. The Kier molecular flexibility index (Phi) is 3.52. The summed E-state index contributed by atoms with van der Waals surface area (Å²) in [6.07, 6.45) is 0. The number of benzene rings is 2. The number of hydrogen-bond donors (Lipinski definition) is 2. The van der Waals surface area contributed by atoms with Crippen molar-refractivity contribution >= 4 is 19.9 Å². The third kappa shape index (κ3) is 2.39. The molecule has 0 saturated heterocycles. The van der Waals surface area contributed by atoms with Gasteiger partial charge in [-0.15, -0.1) is 0 Å². The molecule has 82 valence electrons. The monoisotopic (exact) mass is 233 g/mol. The van der Waals surface area contributed by atoms with E-state index >= 15 is 0 Å². The van der Waals surface area contributed by atoms with E-state index in [-0.39, 0.29) is 0 Å². The zero-order chi connectivity index (χ0) is 11.4. The molecule has 0 aromatic heterocycles. The van der Waals surface area contributed by atoms with Gasteiger partial charge in [-0.05, 0) is 24.3 Å². The van der Waals surface area contributed by atoms with Crippen LogP contribution in [0.15, 0.2) is 60.7 Å². The summed E-state index contributed by atoms with van der Waals surface area (Å²) in [5.41, 5.74) is 1.54. The molecule has 16 heavy (non-hydrogen) atoms. The fraction of sp³-hybridized carbons (Fsp3) is 0. The van der Waals surface area contributed by atoms with Crippen molar-refractivity contribution in [3.05, 3.63) is 60.7 Å². The van der Waals surface area contributed by atoms with Crippen molar-refractivity contribution in [2.45, 2.75) is 0 Å². The topological polar surface area (TPSA) is 43.7 Å². The van der Waals surface area contributed by atoms with Crippen molar-refractivity contribution in [3.8, 4) is 0 Å². The molecule has 0 fully saturated rings. The lowest BCUT2D eigenvalue weighted by atomic mass is 10.3. The smallest absolute Gasteiger partial charge is 0.289 e. The van der Waals surface area contributed by atoms with Gasteiger partial charge >= 0.3 is 0 Å². The van der Waals surface area contributed by atoms with Crippen molar-refractivity contribution in [2.24, 2.45) is 0 Å². The summed E-state index contributed by atoms with van der Waals surface area (Å²) in [5.74, 6) is 0. The molecule has 0 aliphatic carbocycles. The molecule has 0 unspecified atom stereocenters. The van der Waals surface area contributed by atoms with E-state index in [1.54, 1.807) is 0 Å². The van der Waals surface area contributed by atoms with Gasteiger partial charge in [0.2, 0.25) is 0 Å². The quantitative estimate of drug-likeness (QED) is 0.801. The number of rotatable bonds is 3. The molecular formula is C12H12NO2P. The molecule has 0 aliphatic rings. The normalized spacial score (nSPS) is 10.4. The summed E-state index contributed by atoms with van der Waals surface area (Å²) in [4.78, 5) is 18.9. The SMILES string of the molecule is OP(O)N(c1ccccc1)c1ccccc1. The molecule has 0 aliphatic heterocycles. The first-order valence-corrected chi connectivity index (χ1v) is 6.07. The van der Waals surface area contributed by atoms with Crippen molar-refractivity contribution in [2.75, 3.05) is 4.67 Å². The lowest BCUT2D eigenvalue weighted by Crippen LogP contribution is -2.09. The molecule has 0 atom stereocenters. The molecule has 0 spiro atoms. The van der Waals surface area contributed by atoms with Gasteiger partial charge in [0, 0.05) is 11.4 Å². The van der Waals surface area contributed by atoms with Crippen LogP contribution in [-0.2, 0) is 0 Å². The van der Waals surface area contributed by atoms with Gasteiger partial charge < -0.3 is 9.79 Å². The van der Waals surface area contributed by atoms with Crippen LogP contribution < -0.4 is 4.67 Å². The average Bonchev–Trinajstić information content (AvgIpc) is 2.31. The first-order chi connectivity index (χ1) is 7.79. The summed E-state index contributed by atoms with van der Waals surface area (Å²) in [7, 11) is -2.18. The molecule has 2 N–H and O–H groups in total. The van der Waals surface area contributed by atoms with Crippen LogP contribution >= 0.6 is 8.53 Å². The highest BCUT2D eigenvalue weighted by atomic mass is 31.2. The molecule has 0 saturated carbocycles. The fourth-order valence-electron chi connectivity index (χ4n) is 1.49. The van der Waals surface area contributed by atoms with Crippen molar-refractivity contribution in [1.82, 2.24) is 0 Å². The lowest BCUT2D eigenvalue weighted by Gasteiger charge is -2.24. The first-order valence-electron chi connectivity index (χ1n) is 4.87. The second kappa shape index (κ2) is 5.08. The van der Waals surface area contributed by atoms with Crippen LogP contribution in [0.2, 0.25) is 0 Å². The summed E-state index contributed by atoms with van der Waals surface area (Å²) >= 11 is 0. The van der Waals surface area contributed by atoms with E-state index in [1.807, 2.05) is 60.7 Å². The molecule has 0 heterocycles. The average molecular weight is 233 g/mol. The van der Waals surface area contributed by atoms with Crippen LogP contribution in [0.1, 0.15) is 0 Å². The van der Waals surface area contributed by atoms with Gasteiger partial charge in [-0.25, -0.2) is 0 Å². The maximum atomic E-state index is 9.47. The van der Waals surface area contributed by atoms with Crippen LogP contribution in [-0.4, -0.2) is 9.79 Å². The highest BCUT2D eigenvalue weighted by Crippen LogP contribution is 2.42. The molecule has 2 aromatic rings. The van der Waals surface area contributed by atoms with Crippen molar-refractivity contribution in [3.63, 3.8) is 0 Å². The summed E-state index contributed by atoms with van der Waals surface area (Å²) in [6, 6.07) is 18.6. The minimum Gasteiger partial charge on any atom is -0.333 e. The van der Waals surface area contributed by atoms with E-state index in [1.165, 1.54) is 4.67 Å². The minimum atomic E-state index is -2.18. The second-order valence-electron chi connectivity index (χ2n) is 3.25. The van der Waals surface area contributed by atoms with Crippen LogP contribution in [0.4, 0.5) is 11.4 Å². The van der Waals surface area contributed by atoms with E-state index in [0.29, 0.717) is 0 Å². The van der Waals surface area contributed by atoms with Gasteiger partial charge in [0.1, 0.15) is 0 Å². The second-order valence-corrected chi connectivity index (χ2v) is 4.19. The summed E-state index contributed by atoms with van der Waals surface area (Å²) in [5, 5.41) is 0. The highest BCUT2D eigenvalue weighted by Gasteiger charge is 2.16. The Hall–Kier alpha value is -1.41. The van der Waals surface area contributed by atoms with Crippen molar-refractivity contribution in [1.29, 1.82) is 0 Å². The van der Waals surface area contributed by atoms with E-state index < -0.39 is 8.53 Å². The Balaban J connectivity index is 2.40. The lowest BCUT2D eigenvalue weighted by molar-refractivity contribution is 0.483. The van der Waals surface area contributed by atoms with Crippen LogP contribution in [0, 0.1) is 0 Å². The molecule has 0 radical (unpaired) electrons. The van der Waals surface area contributed by atoms with E-state index in [4.69, 9.17) is 0 Å². The fourth-order valence-corrected chi connectivity index (χ4v) is 2.17. The van der Waals surface area contributed by atoms with Gasteiger partial charge in [0.05, 0.1) is 0 Å². The van der Waals surface area contributed by atoms with Gasteiger partial charge in [-0.1, -0.05) is 36.4 Å². The van der Waals surface area contributed by atoms with Gasteiger partial charge in [-0.2, -0.15) is 0 Å². The van der Waals surface area contributed by atoms with Gasteiger partial charge in [0.15, 0.2) is 0 Å². The zero-order valence-corrected chi connectivity index (χ0v) is 9.46. The Bertz CT molecular complexity index is 394. The van der Waals surface area contributed by atoms with Gasteiger partial charge in [0.25, 0.3) is 8.53 Å². The Labute approximate surface area is 95.6 Å². The Morgan fingerprint density at radius 1 is 0.688 bits per heavy atom. The minimum absolute atomic E-state index is 0.768. The van der Waals surface area contributed by atoms with E-state index in [9.17, 15) is 9.79 Å². The zero-order valence-electron chi connectivity index (χ0n) is 8.56. The first kappa shape index (κ1) is 11.1. The third-order valence-corrected chi connectivity index (χ3v) is 3.00. The van der Waals surface area contributed by atoms with Crippen LogP contribution in [0.25, 0.3) is 0 Å². The standard InChI is InChI=1S/C12H12NO2P/c14-16(15)13(11-7-3-1-4-8-11)12-9-5-2-6-10-12/h1-10,14-15H. The summed E-state index contributed by atoms with van der Waals surface area (Å²) < 4.78 is 1.51. The van der Waals surface area contributed by atoms with Crippen LogP contribution in [0.3, 0.4) is 0 Å². The largest absolute Gasteiger partial charge is 0.333 e. The molecule has 2 rings (SSSR count). The van der Waals surface area contributed by atoms with E-state index in [2.05, 4.69) is 0 Å². The number of hydrogen-bond acceptors (Lipinski definition) is 3. The predicted octanol–water partition coefficient (Wildman–Crippen LogP) is 3.04. The predicted molar refractivity (Wildman–Crippen MR) is 66.4 cm³/mol.